The quantitative estimate of drug-likeness (QED) is 0.890. The maximum absolute atomic E-state index is 5.03. The molecule has 0 saturated heterocycles. The van der Waals surface area contributed by atoms with Gasteiger partial charge in [0.1, 0.15) is 0 Å². The van der Waals surface area contributed by atoms with Crippen LogP contribution >= 0.6 is 0 Å². The summed E-state index contributed by atoms with van der Waals surface area (Å²) in [6, 6.07) is 14.2. The Hall–Kier alpha value is -1.93. The van der Waals surface area contributed by atoms with Crippen molar-refractivity contribution in [2.24, 2.45) is 5.73 Å². The molecule has 2 heteroatoms. The molecule has 1 aromatic heterocycles. The lowest BCUT2D eigenvalue weighted by Crippen LogP contribution is -1.93. The first-order valence-corrected chi connectivity index (χ1v) is 6.20. The highest BCUT2D eigenvalue weighted by atomic mass is 14.6. The molecule has 1 aromatic carbocycles. The van der Waals surface area contributed by atoms with Gasteiger partial charge in [-0.25, -0.2) is 0 Å². The van der Waals surface area contributed by atoms with E-state index >= 15 is 0 Å². The van der Waals surface area contributed by atoms with Crippen LogP contribution in [0.15, 0.2) is 54.9 Å². The van der Waals surface area contributed by atoms with E-state index in [1.54, 1.807) is 12.4 Å². The fraction of sp³-hybridized carbons (Fsp3) is 0.188. The van der Waals surface area contributed by atoms with Crippen LogP contribution in [-0.4, -0.2) is 11.5 Å². The topological polar surface area (TPSA) is 38.9 Å². The van der Waals surface area contributed by atoms with Crippen molar-refractivity contribution >= 4 is 12.2 Å². The lowest BCUT2D eigenvalue weighted by atomic mass is 10.2. The largest absolute Gasteiger partial charge is 0.330 e. The average Bonchev–Trinajstić information content (AvgIpc) is 2.47. The molecule has 1 heterocycles. The minimum absolute atomic E-state index is 0.819. The predicted octanol–water partition coefficient (Wildman–Crippen LogP) is 3.61. The lowest BCUT2D eigenvalue weighted by Gasteiger charge is -1.92. The highest BCUT2D eigenvalue weighted by Gasteiger charge is 1.84. The van der Waals surface area contributed by atoms with Crippen LogP contribution in [0, 0.1) is 0 Å². The van der Waals surface area contributed by atoms with Crippen LogP contribution in [0.5, 0.6) is 0 Å². The van der Waals surface area contributed by atoms with Crippen molar-refractivity contribution in [1.82, 2.24) is 4.98 Å². The van der Waals surface area contributed by atoms with Gasteiger partial charge < -0.3 is 5.73 Å². The van der Waals surface area contributed by atoms with Gasteiger partial charge in [-0.3, -0.25) is 4.98 Å². The zero-order valence-corrected chi connectivity index (χ0v) is 10.8. The third kappa shape index (κ3) is 5.97. The number of pyridine rings is 1. The summed E-state index contributed by atoms with van der Waals surface area (Å²) < 4.78 is 0. The Kier molecular flexibility index (Phi) is 7.17. The summed E-state index contributed by atoms with van der Waals surface area (Å²) in [4.78, 5) is 3.97. The van der Waals surface area contributed by atoms with Crippen LogP contribution < -0.4 is 5.73 Å². The molecule has 0 saturated carbocycles. The van der Waals surface area contributed by atoms with Crippen LogP contribution in [0.25, 0.3) is 12.2 Å². The second-order valence-electron chi connectivity index (χ2n) is 3.81. The number of hydrogen-bond donors (Lipinski definition) is 1. The van der Waals surface area contributed by atoms with E-state index in [-0.39, 0.29) is 0 Å². The number of hydrogen-bond acceptors (Lipinski definition) is 2. The van der Waals surface area contributed by atoms with Crippen LogP contribution in [0.4, 0.5) is 0 Å². The van der Waals surface area contributed by atoms with Gasteiger partial charge in [0, 0.05) is 12.4 Å². The Morgan fingerprint density at radius 3 is 1.94 bits per heavy atom. The first kappa shape index (κ1) is 14.1. The molecule has 0 bridgehead atoms. The lowest BCUT2D eigenvalue weighted by molar-refractivity contribution is 0.932. The summed E-state index contributed by atoms with van der Waals surface area (Å²) >= 11 is 0. The van der Waals surface area contributed by atoms with Crippen molar-refractivity contribution in [3.8, 4) is 0 Å². The van der Waals surface area contributed by atoms with Crippen LogP contribution in [0.2, 0.25) is 0 Å². The number of nitrogens with zero attached hydrogens (tertiary/aromatic N) is 1. The Morgan fingerprint density at radius 2 is 1.44 bits per heavy atom. The second kappa shape index (κ2) is 9.14. The summed E-state index contributed by atoms with van der Waals surface area (Å²) in [7, 11) is 0. The fourth-order valence-corrected chi connectivity index (χ4v) is 1.23. The molecule has 0 radical (unpaired) electrons. The minimum atomic E-state index is 0.819. The molecule has 2 rings (SSSR count). The summed E-state index contributed by atoms with van der Waals surface area (Å²) in [5, 5.41) is 0. The number of benzene rings is 1. The standard InChI is InChI=1S/C13H11N.C3H9N/c1-2-4-12(5-3-1)6-7-13-8-10-14-11-9-13;1-2-3-4/h1-11H;2-4H2,1H3/b7-6+;. The molecule has 0 amide bonds. The molecule has 0 aliphatic carbocycles. The molecule has 0 unspecified atom stereocenters. The van der Waals surface area contributed by atoms with E-state index in [0.29, 0.717) is 0 Å². The van der Waals surface area contributed by atoms with E-state index in [4.69, 9.17) is 5.73 Å². The molecule has 2 N–H and O–H groups in total. The first-order chi connectivity index (χ1) is 8.86. The third-order valence-electron chi connectivity index (χ3n) is 2.26. The van der Waals surface area contributed by atoms with Crippen LogP contribution in [-0.2, 0) is 0 Å². The highest BCUT2D eigenvalue weighted by Crippen LogP contribution is 2.06. The molecule has 2 aromatic rings. The third-order valence-corrected chi connectivity index (χ3v) is 2.26. The average molecular weight is 240 g/mol. The Morgan fingerprint density at radius 1 is 0.944 bits per heavy atom. The van der Waals surface area contributed by atoms with E-state index < -0.39 is 0 Å². The molecule has 18 heavy (non-hydrogen) atoms. The maximum atomic E-state index is 5.03. The van der Waals surface area contributed by atoms with E-state index in [9.17, 15) is 0 Å². The number of aromatic nitrogens is 1. The highest BCUT2D eigenvalue weighted by molar-refractivity contribution is 5.69. The van der Waals surface area contributed by atoms with E-state index in [2.05, 4.69) is 36.2 Å². The predicted molar refractivity (Wildman–Crippen MR) is 79.0 cm³/mol. The number of nitrogens with two attached hydrogens (primary N) is 1. The SMILES string of the molecule is C(=C\c1ccncc1)/c1ccccc1.CCCN. The van der Waals surface area contributed by atoms with Crippen LogP contribution in [0.1, 0.15) is 24.5 Å². The minimum Gasteiger partial charge on any atom is -0.330 e. The van der Waals surface area contributed by atoms with Gasteiger partial charge in [-0.05, 0) is 36.2 Å². The fourth-order valence-electron chi connectivity index (χ4n) is 1.23. The van der Waals surface area contributed by atoms with Gasteiger partial charge in [-0.1, -0.05) is 49.4 Å². The molecule has 0 spiro atoms. The second-order valence-corrected chi connectivity index (χ2v) is 3.81. The van der Waals surface area contributed by atoms with Gasteiger partial charge in [0.25, 0.3) is 0 Å². The van der Waals surface area contributed by atoms with E-state index in [1.165, 1.54) is 11.1 Å². The van der Waals surface area contributed by atoms with Crippen LogP contribution in [0.3, 0.4) is 0 Å². The Bertz CT molecular complexity index is 392. The molecule has 0 atom stereocenters. The molecule has 0 fully saturated rings. The summed E-state index contributed by atoms with van der Waals surface area (Å²) in [6.07, 6.45) is 8.86. The van der Waals surface area contributed by atoms with Crippen molar-refractivity contribution in [2.45, 2.75) is 13.3 Å². The number of rotatable bonds is 3. The molecule has 94 valence electrons. The summed E-state index contributed by atoms with van der Waals surface area (Å²) in [6.45, 7) is 2.88. The van der Waals surface area contributed by atoms with Crippen molar-refractivity contribution in [3.63, 3.8) is 0 Å². The van der Waals surface area contributed by atoms with Crippen molar-refractivity contribution in [2.75, 3.05) is 6.54 Å². The maximum Gasteiger partial charge on any atom is 0.0273 e. The molecule has 0 aliphatic heterocycles. The van der Waals surface area contributed by atoms with E-state index in [0.717, 1.165) is 13.0 Å². The normalized spacial score (nSPS) is 9.89. The molecule has 2 nitrogen and oxygen atoms in total. The van der Waals surface area contributed by atoms with Gasteiger partial charge in [0.05, 0.1) is 0 Å². The summed E-state index contributed by atoms with van der Waals surface area (Å²) in [5.74, 6) is 0. The van der Waals surface area contributed by atoms with Gasteiger partial charge >= 0.3 is 0 Å². The van der Waals surface area contributed by atoms with Crippen molar-refractivity contribution in [1.29, 1.82) is 0 Å². The monoisotopic (exact) mass is 240 g/mol. The smallest absolute Gasteiger partial charge is 0.0273 e. The molecular formula is C16H20N2. The Balaban J connectivity index is 0.000000357. The first-order valence-electron chi connectivity index (χ1n) is 6.20. The van der Waals surface area contributed by atoms with Gasteiger partial charge in [0.15, 0.2) is 0 Å². The van der Waals surface area contributed by atoms with Gasteiger partial charge in [-0.2, -0.15) is 0 Å². The van der Waals surface area contributed by atoms with Gasteiger partial charge in [0.2, 0.25) is 0 Å². The zero-order valence-electron chi connectivity index (χ0n) is 10.8. The van der Waals surface area contributed by atoms with Crippen molar-refractivity contribution in [3.05, 3.63) is 66.0 Å². The van der Waals surface area contributed by atoms with Gasteiger partial charge in [-0.15, -0.1) is 0 Å². The molecular weight excluding hydrogens is 220 g/mol. The molecule has 0 aliphatic rings. The van der Waals surface area contributed by atoms with E-state index in [1.807, 2.05) is 30.3 Å². The van der Waals surface area contributed by atoms with Crippen molar-refractivity contribution < 1.29 is 0 Å². The zero-order chi connectivity index (χ0) is 13.1. The summed E-state index contributed by atoms with van der Waals surface area (Å²) in [5.41, 5.74) is 7.41. The Labute approximate surface area is 109 Å².